The first-order valence-electron chi connectivity index (χ1n) is 7.70. The summed E-state index contributed by atoms with van der Waals surface area (Å²) < 4.78 is 0. The highest BCUT2D eigenvalue weighted by atomic mass is 16.1. The minimum atomic E-state index is 0.115. The smallest absolute Gasteiger partial charge is 0.251 e. The van der Waals surface area contributed by atoms with Crippen LogP contribution >= 0.6 is 0 Å². The fourth-order valence-electron chi connectivity index (χ4n) is 3.57. The Hall–Kier alpha value is -1.35. The van der Waals surface area contributed by atoms with Crippen molar-refractivity contribution in [1.29, 1.82) is 0 Å². The highest BCUT2D eigenvalue weighted by Crippen LogP contribution is 2.37. The Labute approximate surface area is 121 Å². The van der Waals surface area contributed by atoms with E-state index in [0.29, 0.717) is 6.04 Å². The van der Waals surface area contributed by atoms with Gasteiger partial charge in [-0.2, -0.15) is 0 Å². The minimum absolute atomic E-state index is 0.115. The van der Waals surface area contributed by atoms with Crippen molar-refractivity contribution in [2.45, 2.75) is 52.1 Å². The highest BCUT2D eigenvalue weighted by Gasteiger charge is 2.35. The average molecular weight is 272 g/mol. The Kier molecular flexibility index (Phi) is 3.55. The van der Waals surface area contributed by atoms with E-state index >= 15 is 0 Å². The molecular weight excluding hydrogens is 248 g/mol. The second-order valence-corrected chi connectivity index (χ2v) is 6.78. The molecule has 3 rings (SSSR count). The van der Waals surface area contributed by atoms with Crippen molar-refractivity contribution in [2.24, 2.45) is 5.41 Å². The normalized spacial score (nSPS) is 24.2. The first kappa shape index (κ1) is 13.6. The van der Waals surface area contributed by atoms with Gasteiger partial charge in [0.25, 0.3) is 5.91 Å². The van der Waals surface area contributed by atoms with Crippen LogP contribution in [0.15, 0.2) is 18.2 Å². The van der Waals surface area contributed by atoms with E-state index in [9.17, 15) is 4.79 Å². The molecule has 1 aliphatic carbocycles. The number of hydrogen-bond donors (Lipinski definition) is 2. The standard InChI is InChI=1S/C17H24N2O/c1-17(2)9-4-7-15(17)19-16(20)14-6-3-5-12-11-18-10-8-13(12)14/h3,5-6,15,18H,4,7-11H2,1-2H3,(H,19,20). The molecule has 1 fully saturated rings. The van der Waals surface area contributed by atoms with Crippen LogP contribution in [0.4, 0.5) is 0 Å². The highest BCUT2D eigenvalue weighted by molar-refractivity contribution is 5.96. The lowest BCUT2D eigenvalue weighted by Gasteiger charge is -2.28. The maximum Gasteiger partial charge on any atom is 0.251 e. The summed E-state index contributed by atoms with van der Waals surface area (Å²) in [6.45, 7) is 6.36. The molecular formula is C17H24N2O. The molecule has 1 saturated carbocycles. The van der Waals surface area contributed by atoms with E-state index in [1.807, 2.05) is 12.1 Å². The van der Waals surface area contributed by atoms with Gasteiger partial charge < -0.3 is 10.6 Å². The maximum atomic E-state index is 12.6. The van der Waals surface area contributed by atoms with Crippen molar-refractivity contribution in [3.63, 3.8) is 0 Å². The molecule has 0 bridgehead atoms. The van der Waals surface area contributed by atoms with Gasteiger partial charge in [-0.1, -0.05) is 32.4 Å². The molecule has 3 nitrogen and oxygen atoms in total. The predicted molar refractivity (Wildman–Crippen MR) is 80.7 cm³/mol. The molecule has 0 spiro atoms. The van der Waals surface area contributed by atoms with Crippen LogP contribution in [0.2, 0.25) is 0 Å². The summed E-state index contributed by atoms with van der Waals surface area (Å²) in [7, 11) is 0. The Morgan fingerprint density at radius 2 is 2.25 bits per heavy atom. The third-order valence-electron chi connectivity index (χ3n) is 4.95. The van der Waals surface area contributed by atoms with E-state index in [1.54, 1.807) is 0 Å². The Bertz CT molecular complexity index is 522. The molecule has 20 heavy (non-hydrogen) atoms. The first-order chi connectivity index (χ1) is 9.58. The number of rotatable bonds is 2. The van der Waals surface area contributed by atoms with Crippen molar-refractivity contribution in [3.8, 4) is 0 Å². The number of nitrogens with one attached hydrogen (secondary N) is 2. The molecule has 1 unspecified atom stereocenters. The number of amides is 1. The van der Waals surface area contributed by atoms with E-state index in [2.05, 4.69) is 30.5 Å². The third kappa shape index (κ3) is 2.47. The molecule has 1 aliphatic heterocycles. The van der Waals surface area contributed by atoms with Crippen LogP contribution in [0, 0.1) is 5.41 Å². The lowest BCUT2D eigenvalue weighted by molar-refractivity contribution is 0.0908. The van der Waals surface area contributed by atoms with E-state index < -0.39 is 0 Å². The summed E-state index contributed by atoms with van der Waals surface area (Å²) in [5.74, 6) is 0.115. The number of fused-ring (bicyclic) bond motifs is 1. The SMILES string of the molecule is CC1(C)CCCC1NC(=O)c1cccc2c1CCNC2. The van der Waals surface area contributed by atoms with Crippen LogP contribution in [0.5, 0.6) is 0 Å². The molecule has 1 atom stereocenters. The third-order valence-corrected chi connectivity index (χ3v) is 4.95. The van der Waals surface area contributed by atoms with Crippen molar-refractivity contribution in [1.82, 2.24) is 10.6 Å². The first-order valence-corrected chi connectivity index (χ1v) is 7.70. The molecule has 2 aliphatic rings. The molecule has 1 aromatic carbocycles. The second-order valence-electron chi connectivity index (χ2n) is 6.78. The molecule has 1 amide bonds. The fraction of sp³-hybridized carbons (Fsp3) is 0.588. The largest absolute Gasteiger partial charge is 0.349 e. The quantitative estimate of drug-likeness (QED) is 0.869. The van der Waals surface area contributed by atoms with E-state index in [-0.39, 0.29) is 11.3 Å². The van der Waals surface area contributed by atoms with Crippen molar-refractivity contribution < 1.29 is 4.79 Å². The Morgan fingerprint density at radius 1 is 1.40 bits per heavy atom. The summed E-state index contributed by atoms with van der Waals surface area (Å²) >= 11 is 0. The van der Waals surface area contributed by atoms with Crippen LogP contribution < -0.4 is 10.6 Å². The maximum absolute atomic E-state index is 12.6. The van der Waals surface area contributed by atoms with Crippen molar-refractivity contribution in [3.05, 3.63) is 34.9 Å². The fourth-order valence-corrected chi connectivity index (χ4v) is 3.57. The van der Waals surface area contributed by atoms with E-state index in [1.165, 1.54) is 24.0 Å². The van der Waals surface area contributed by atoms with Crippen LogP contribution in [-0.2, 0) is 13.0 Å². The molecule has 2 N–H and O–H groups in total. The van der Waals surface area contributed by atoms with Crippen molar-refractivity contribution >= 4 is 5.91 Å². The van der Waals surface area contributed by atoms with Gasteiger partial charge in [0.1, 0.15) is 0 Å². The molecule has 1 heterocycles. The van der Waals surface area contributed by atoms with E-state index in [0.717, 1.165) is 31.5 Å². The lowest BCUT2D eigenvalue weighted by atomic mass is 9.87. The second kappa shape index (κ2) is 5.21. The van der Waals surface area contributed by atoms with Crippen LogP contribution in [-0.4, -0.2) is 18.5 Å². The summed E-state index contributed by atoms with van der Waals surface area (Å²) in [6, 6.07) is 6.41. The molecule has 3 heteroatoms. The topological polar surface area (TPSA) is 41.1 Å². The molecule has 0 radical (unpaired) electrons. The van der Waals surface area contributed by atoms with Gasteiger partial charge in [0.05, 0.1) is 0 Å². The predicted octanol–water partition coefficient (Wildman–Crippen LogP) is 2.64. The van der Waals surface area contributed by atoms with Gasteiger partial charge in [-0.3, -0.25) is 4.79 Å². The lowest BCUT2D eigenvalue weighted by Crippen LogP contribution is -2.42. The Balaban J connectivity index is 1.81. The van der Waals surface area contributed by atoms with Gasteiger partial charge in [0.2, 0.25) is 0 Å². The van der Waals surface area contributed by atoms with Gasteiger partial charge in [-0.15, -0.1) is 0 Å². The zero-order valence-corrected chi connectivity index (χ0v) is 12.5. The van der Waals surface area contributed by atoms with Crippen molar-refractivity contribution in [2.75, 3.05) is 6.54 Å². The average Bonchev–Trinajstić information content (AvgIpc) is 2.77. The summed E-state index contributed by atoms with van der Waals surface area (Å²) in [6.07, 6.45) is 4.48. The summed E-state index contributed by atoms with van der Waals surface area (Å²) in [5.41, 5.74) is 3.62. The van der Waals surface area contributed by atoms with Crippen LogP contribution in [0.3, 0.4) is 0 Å². The van der Waals surface area contributed by atoms with Gasteiger partial charge in [-0.25, -0.2) is 0 Å². The van der Waals surface area contributed by atoms with Crippen LogP contribution in [0.1, 0.15) is 54.6 Å². The molecule has 108 valence electrons. The number of carbonyl (C=O) groups excluding carboxylic acids is 1. The molecule has 0 saturated heterocycles. The molecule has 1 aromatic rings. The zero-order chi connectivity index (χ0) is 14.2. The minimum Gasteiger partial charge on any atom is -0.349 e. The number of benzene rings is 1. The van der Waals surface area contributed by atoms with Crippen LogP contribution in [0.25, 0.3) is 0 Å². The summed E-state index contributed by atoms with van der Waals surface area (Å²) in [5, 5.41) is 6.64. The van der Waals surface area contributed by atoms with Gasteiger partial charge >= 0.3 is 0 Å². The molecule has 0 aromatic heterocycles. The summed E-state index contributed by atoms with van der Waals surface area (Å²) in [4.78, 5) is 12.6. The number of hydrogen-bond acceptors (Lipinski definition) is 2. The van der Waals surface area contributed by atoms with Gasteiger partial charge in [0.15, 0.2) is 0 Å². The monoisotopic (exact) mass is 272 g/mol. The Morgan fingerprint density at radius 3 is 3.00 bits per heavy atom. The van der Waals surface area contributed by atoms with Gasteiger partial charge in [-0.05, 0) is 48.4 Å². The van der Waals surface area contributed by atoms with Gasteiger partial charge in [0, 0.05) is 18.2 Å². The zero-order valence-electron chi connectivity index (χ0n) is 12.5. The van der Waals surface area contributed by atoms with E-state index in [4.69, 9.17) is 0 Å². The number of carbonyl (C=O) groups is 1.